The number of nitrogens with zero attached hydrogens (tertiary/aromatic N) is 1. The van der Waals surface area contributed by atoms with Crippen LogP contribution in [0.4, 0.5) is 5.88 Å². The fourth-order valence-corrected chi connectivity index (χ4v) is 0.869. The monoisotopic (exact) mass is 223 g/mol. The number of furan rings is 1. The predicted octanol–water partition coefficient (Wildman–Crippen LogP) is 1.93. The fourth-order valence-electron chi connectivity index (χ4n) is 0.869. The second-order valence-corrected chi connectivity index (χ2v) is 2.69. The summed E-state index contributed by atoms with van der Waals surface area (Å²) in [6, 6.07) is 2.59. The second kappa shape index (κ2) is 5.50. The third-order valence-electron chi connectivity index (χ3n) is 1.52. The molecule has 16 heavy (non-hydrogen) atoms. The molecule has 0 aliphatic heterocycles. The molecule has 1 aromatic heterocycles. The number of ether oxygens (including phenoxy) is 1. The van der Waals surface area contributed by atoms with Crippen molar-refractivity contribution in [2.45, 2.75) is 0 Å². The first-order valence-corrected chi connectivity index (χ1v) is 4.33. The zero-order chi connectivity index (χ0) is 12.0. The summed E-state index contributed by atoms with van der Waals surface area (Å²) in [5, 5.41) is 10.3. The normalized spacial score (nSPS) is 10.2. The number of rotatable bonds is 5. The summed E-state index contributed by atoms with van der Waals surface area (Å²) in [4.78, 5) is 20.6. The molecule has 0 aromatic carbocycles. The molecule has 0 aliphatic carbocycles. The minimum absolute atomic E-state index is 0.113. The average molecular weight is 223 g/mol. The van der Waals surface area contributed by atoms with Crippen LogP contribution in [0, 0.1) is 10.1 Å². The lowest BCUT2D eigenvalue weighted by Crippen LogP contribution is -1.99. The lowest BCUT2D eigenvalue weighted by molar-refractivity contribution is -0.402. The maximum Gasteiger partial charge on any atom is 0.433 e. The molecule has 0 bridgehead atoms. The minimum atomic E-state index is -0.659. The highest BCUT2D eigenvalue weighted by atomic mass is 16.6. The van der Waals surface area contributed by atoms with Crippen LogP contribution < -0.4 is 0 Å². The van der Waals surface area contributed by atoms with Gasteiger partial charge in [0, 0.05) is 6.08 Å². The van der Waals surface area contributed by atoms with Crippen molar-refractivity contribution in [2.75, 3.05) is 6.61 Å². The van der Waals surface area contributed by atoms with Gasteiger partial charge >= 0.3 is 11.9 Å². The van der Waals surface area contributed by atoms with E-state index in [2.05, 4.69) is 11.3 Å². The zero-order valence-corrected chi connectivity index (χ0v) is 8.29. The lowest BCUT2D eigenvalue weighted by atomic mass is 10.4. The Morgan fingerprint density at radius 3 is 2.94 bits per heavy atom. The van der Waals surface area contributed by atoms with E-state index < -0.39 is 10.9 Å². The first-order valence-electron chi connectivity index (χ1n) is 4.33. The van der Waals surface area contributed by atoms with Crippen LogP contribution in [0.25, 0.3) is 6.08 Å². The minimum Gasteiger partial charge on any atom is -0.458 e. The molecule has 0 radical (unpaired) electrons. The summed E-state index contributed by atoms with van der Waals surface area (Å²) in [6.45, 7) is 3.49. The Kier molecular flexibility index (Phi) is 4.02. The number of esters is 1. The first kappa shape index (κ1) is 11.7. The summed E-state index contributed by atoms with van der Waals surface area (Å²) in [5.41, 5.74) is 0. The van der Waals surface area contributed by atoms with Crippen molar-refractivity contribution >= 4 is 17.9 Å². The van der Waals surface area contributed by atoms with Crippen LogP contribution in [0.5, 0.6) is 0 Å². The van der Waals surface area contributed by atoms with Crippen molar-refractivity contribution < 1.29 is 18.9 Å². The molecule has 6 nitrogen and oxygen atoms in total. The van der Waals surface area contributed by atoms with Gasteiger partial charge in [0.05, 0.1) is 6.07 Å². The van der Waals surface area contributed by atoms with Gasteiger partial charge in [-0.2, -0.15) is 0 Å². The van der Waals surface area contributed by atoms with E-state index in [0.29, 0.717) is 0 Å². The molecule has 0 saturated carbocycles. The van der Waals surface area contributed by atoms with Crippen LogP contribution in [0.15, 0.2) is 35.3 Å². The number of carbonyl (C=O) groups excluding carboxylic acids is 1. The number of hydrogen-bond donors (Lipinski definition) is 0. The van der Waals surface area contributed by atoms with E-state index in [1.807, 2.05) is 0 Å². The summed E-state index contributed by atoms with van der Waals surface area (Å²) >= 11 is 0. The second-order valence-electron chi connectivity index (χ2n) is 2.69. The smallest absolute Gasteiger partial charge is 0.433 e. The zero-order valence-electron chi connectivity index (χ0n) is 8.29. The van der Waals surface area contributed by atoms with Crippen molar-refractivity contribution in [3.8, 4) is 0 Å². The van der Waals surface area contributed by atoms with Gasteiger partial charge in [0.2, 0.25) is 0 Å². The van der Waals surface area contributed by atoms with Gasteiger partial charge in [0.25, 0.3) is 0 Å². The van der Waals surface area contributed by atoms with Gasteiger partial charge < -0.3 is 9.15 Å². The van der Waals surface area contributed by atoms with Gasteiger partial charge in [-0.3, -0.25) is 10.1 Å². The molecule has 0 amide bonds. The topological polar surface area (TPSA) is 82.6 Å². The van der Waals surface area contributed by atoms with Crippen molar-refractivity contribution in [2.24, 2.45) is 0 Å². The molecule has 0 atom stereocenters. The largest absolute Gasteiger partial charge is 0.458 e. The molecule has 0 unspecified atom stereocenters. The number of carbonyl (C=O) groups is 1. The fraction of sp³-hybridized carbons (Fsp3) is 0.100. The SMILES string of the molecule is C=CCOC(=O)C=Cc1ccc([N+](=O)[O-])o1. The Bertz CT molecular complexity index is 432. The molecule has 0 saturated heterocycles. The van der Waals surface area contributed by atoms with Gasteiger partial charge in [0.15, 0.2) is 0 Å². The van der Waals surface area contributed by atoms with Gasteiger partial charge in [-0.25, -0.2) is 4.79 Å². The van der Waals surface area contributed by atoms with Crippen LogP contribution in [0.1, 0.15) is 5.76 Å². The molecule has 0 aliphatic rings. The molecule has 84 valence electrons. The van der Waals surface area contributed by atoms with Crippen LogP contribution in [-0.4, -0.2) is 17.5 Å². The molecule has 1 aromatic rings. The number of nitro groups is 1. The summed E-state index contributed by atoms with van der Waals surface area (Å²) in [5.74, 6) is -0.736. The molecule has 1 rings (SSSR count). The van der Waals surface area contributed by atoms with Crippen molar-refractivity contribution in [1.29, 1.82) is 0 Å². The molecule has 0 spiro atoms. The van der Waals surface area contributed by atoms with E-state index in [1.165, 1.54) is 24.3 Å². The summed E-state index contributed by atoms with van der Waals surface area (Å²) in [6.07, 6.45) is 3.84. The highest BCUT2D eigenvalue weighted by Crippen LogP contribution is 2.16. The van der Waals surface area contributed by atoms with Crippen molar-refractivity contribution in [3.05, 3.63) is 46.7 Å². The molecule has 0 N–H and O–H groups in total. The Balaban J connectivity index is 2.58. The molecular weight excluding hydrogens is 214 g/mol. The van der Waals surface area contributed by atoms with E-state index >= 15 is 0 Å². The van der Waals surface area contributed by atoms with Crippen molar-refractivity contribution in [1.82, 2.24) is 0 Å². The maximum absolute atomic E-state index is 11.0. The Labute approximate surface area is 91.0 Å². The highest BCUT2D eigenvalue weighted by Gasteiger charge is 2.09. The Hall–Kier alpha value is -2.37. The lowest BCUT2D eigenvalue weighted by Gasteiger charge is -1.93. The standard InChI is InChI=1S/C10H9NO5/c1-2-7-15-10(12)6-4-8-3-5-9(16-8)11(13)14/h2-6H,1,7H2. The Morgan fingerprint density at radius 1 is 1.62 bits per heavy atom. The summed E-state index contributed by atoms with van der Waals surface area (Å²) in [7, 11) is 0. The Morgan fingerprint density at radius 2 is 2.38 bits per heavy atom. The average Bonchev–Trinajstić information content (AvgIpc) is 2.72. The number of hydrogen-bond acceptors (Lipinski definition) is 5. The highest BCUT2D eigenvalue weighted by molar-refractivity contribution is 5.86. The van der Waals surface area contributed by atoms with E-state index in [4.69, 9.17) is 4.42 Å². The third-order valence-corrected chi connectivity index (χ3v) is 1.52. The third kappa shape index (κ3) is 3.41. The van der Waals surface area contributed by atoms with Crippen LogP contribution >= 0.6 is 0 Å². The molecule has 1 heterocycles. The maximum atomic E-state index is 11.0. The van der Waals surface area contributed by atoms with Gasteiger partial charge in [-0.05, 0) is 12.1 Å². The van der Waals surface area contributed by atoms with E-state index in [-0.39, 0.29) is 18.3 Å². The van der Waals surface area contributed by atoms with E-state index in [0.717, 1.165) is 6.08 Å². The molecule has 0 fully saturated rings. The van der Waals surface area contributed by atoms with Gasteiger partial charge in [0.1, 0.15) is 17.3 Å². The molecular formula is C10H9NO5. The van der Waals surface area contributed by atoms with E-state index in [9.17, 15) is 14.9 Å². The first-order chi connectivity index (χ1) is 7.63. The van der Waals surface area contributed by atoms with Crippen LogP contribution in [0.3, 0.4) is 0 Å². The summed E-state index contributed by atoms with van der Waals surface area (Å²) < 4.78 is 9.43. The quantitative estimate of drug-likeness (QED) is 0.250. The van der Waals surface area contributed by atoms with Crippen molar-refractivity contribution in [3.63, 3.8) is 0 Å². The van der Waals surface area contributed by atoms with Crippen LogP contribution in [-0.2, 0) is 9.53 Å². The van der Waals surface area contributed by atoms with E-state index in [1.54, 1.807) is 0 Å². The van der Waals surface area contributed by atoms with Gasteiger partial charge in [-0.1, -0.05) is 12.7 Å². The van der Waals surface area contributed by atoms with Gasteiger partial charge in [-0.15, -0.1) is 0 Å². The predicted molar refractivity (Wildman–Crippen MR) is 55.6 cm³/mol. The molecule has 6 heteroatoms. The van der Waals surface area contributed by atoms with Crippen LogP contribution in [0.2, 0.25) is 0 Å².